The van der Waals surface area contributed by atoms with Crippen LogP contribution in [0.3, 0.4) is 0 Å². The molecule has 1 heterocycles. The van der Waals surface area contributed by atoms with E-state index in [1.807, 2.05) is 0 Å². The SMILES string of the molecule is O=C(O)NC(C(=O)O)C1CCOC2(CC2)C1. The van der Waals surface area contributed by atoms with Crippen molar-refractivity contribution in [3.8, 4) is 0 Å². The number of nitrogens with one attached hydrogen (secondary N) is 1. The Bertz CT molecular complexity index is 312. The summed E-state index contributed by atoms with van der Waals surface area (Å²) < 4.78 is 5.57. The van der Waals surface area contributed by atoms with Crippen LogP contribution in [-0.2, 0) is 9.53 Å². The number of rotatable bonds is 3. The number of ether oxygens (including phenoxy) is 1. The lowest BCUT2D eigenvalue weighted by Crippen LogP contribution is -2.48. The van der Waals surface area contributed by atoms with Gasteiger partial charge in [-0.2, -0.15) is 0 Å². The number of hydrogen-bond donors (Lipinski definition) is 3. The van der Waals surface area contributed by atoms with Gasteiger partial charge in [0.1, 0.15) is 6.04 Å². The summed E-state index contributed by atoms with van der Waals surface area (Å²) in [5.41, 5.74) is -0.142. The zero-order valence-corrected chi connectivity index (χ0v) is 8.81. The van der Waals surface area contributed by atoms with Crippen LogP contribution in [0.15, 0.2) is 0 Å². The minimum Gasteiger partial charge on any atom is -0.480 e. The summed E-state index contributed by atoms with van der Waals surface area (Å²) in [5.74, 6) is -1.27. The molecule has 1 aliphatic heterocycles. The van der Waals surface area contributed by atoms with Crippen molar-refractivity contribution in [2.45, 2.75) is 37.3 Å². The molecule has 0 radical (unpaired) electrons. The lowest BCUT2D eigenvalue weighted by molar-refractivity contribution is -0.142. The van der Waals surface area contributed by atoms with Crippen LogP contribution < -0.4 is 5.32 Å². The second-order valence-corrected chi connectivity index (χ2v) is 4.55. The highest BCUT2D eigenvalue weighted by Gasteiger charge is 2.50. The Hall–Kier alpha value is -1.30. The normalized spacial score (nSPS) is 28.4. The zero-order chi connectivity index (χ0) is 11.8. The van der Waals surface area contributed by atoms with Crippen molar-refractivity contribution >= 4 is 12.1 Å². The van der Waals surface area contributed by atoms with E-state index in [9.17, 15) is 9.59 Å². The summed E-state index contributed by atoms with van der Waals surface area (Å²) >= 11 is 0. The number of aliphatic carboxylic acids is 1. The summed E-state index contributed by atoms with van der Waals surface area (Å²) in [7, 11) is 0. The van der Waals surface area contributed by atoms with E-state index in [1.54, 1.807) is 0 Å². The van der Waals surface area contributed by atoms with E-state index in [2.05, 4.69) is 5.32 Å². The van der Waals surface area contributed by atoms with Gasteiger partial charge in [0.05, 0.1) is 5.60 Å². The Morgan fingerprint density at radius 3 is 2.56 bits per heavy atom. The van der Waals surface area contributed by atoms with E-state index in [0.29, 0.717) is 19.4 Å². The van der Waals surface area contributed by atoms with Crippen LogP contribution in [0, 0.1) is 5.92 Å². The molecule has 0 bridgehead atoms. The quantitative estimate of drug-likeness (QED) is 0.661. The minimum absolute atomic E-state index is 0.142. The molecule has 90 valence electrons. The topological polar surface area (TPSA) is 95.9 Å². The van der Waals surface area contributed by atoms with E-state index in [0.717, 1.165) is 12.8 Å². The van der Waals surface area contributed by atoms with Gasteiger partial charge < -0.3 is 20.3 Å². The first kappa shape index (κ1) is 11.2. The third kappa shape index (κ3) is 2.27. The second-order valence-electron chi connectivity index (χ2n) is 4.55. The van der Waals surface area contributed by atoms with Crippen molar-refractivity contribution in [3.63, 3.8) is 0 Å². The molecule has 0 aromatic heterocycles. The molecule has 1 saturated heterocycles. The molecule has 2 aliphatic rings. The molecule has 0 aromatic rings. The molecule has 6 nitrogen and oxygen atoms in total. The summed E-state index contributed by atoms with van der Waals surface area (Å²) in [6.45, 7) is 0.524. The molecule has 0 aromatic carbocycles. The first-order valence-corrected chi connectivity index (χ1v) is 5.39. The lowest BCUT2D eigenvalue weighted by Gasteiger charge is -2.32. The van der Waals surface area contributed by atoms with E-state index in [1.165, 1.54) is 0 Å². The van der Waals surface area contributed by atoms with Crippen LogP contribution in [0.1, 0.15) is 25.7 Å². The van der Waals surface area contributed by atoms with Gasteiger partial charge in [-0.05, 0) is 31.6 Å². The third-order valence-electron chi connectivity index (χ3n) is 3.36. The van der Waals surface area contributed by atoms with E-state index < -0.39 is 18.1 Å². The Morgan fingerprint density at radius 2 is 2.06 bits per heavy atom. The first-order chi connectivity index (χ1) is 7.52. The molecule has 1 aliphatic carbocycles. The molecule has 6 heteroatoms. The van der Waals surface area contributed by atoms with Crippen molar-refractivity contribution in [2.24, 2.45) is 5.92 Å². The number of carbonyl (C=O) groups is 2. The van der Waals surface area contributed by atoms with Crippen molar-refractivity contribution < 1.29 is 24.5 Å². The zero-order valence-electron chi connectivity index (χ0n) is 8.81. The fourth-order valence-electron chi connectivity index (χ4n) is 2.35. The molecule has 1 spiro atoms. The van der Waals surface area contributed by atoms with Gasteiger partial charge in [0.15, 0.2) is 0 Å². The summed E-state index contributed by atoms with van der Waals surface area (Å²) in [4.78, 5) is 21.5. The monoisotopic (exact) mass is 229 g/mol. The highest BCUT2D eigenvalue weighted by Crippen LogP contribution is 2.48. The summed E-state index contributed by atoms with van der Waals surface area (Å²) in [6, 6.07) is -1.01. The molecular formula is C10H15NO5. The highest BCUT2D eigenvalue weighted by molar-refractivity contribution is 5.79. The predicted molar refractivity (Wildman–Crippen MR) is 53.2 cm³/mol. The van der Waals surface area contributed by atoms with E-state index in [4.69, 9.17) is 14.9 Å². The van der Waals surface area contributed by atoms with Crippen molar-refractivity contribution in [3.05, 3.63) is 0 Å². The molecule has 2 fully saturated rings. The van der Waals surface area contributed by atoms with Gasteiger partial charge in [-0.1, -0.05) is 0 Å². The van der Waals surface area contributed by atoms with Crippen LogP contribution in [0.5, 0.6) is 0 Å². The smallest absolute Gasteiger partial charge is 0.405 e. The Morgan fingerprint density at radius 1 is 1.38 bits per heavy atom. The van der Waals surface area contributed by atoms with Gasteiger partial charge in [-0.15, -0.1) is 0 Å². The van der Waals surface area contributed by atoms with Gasteiger partial charge in [-0.25, -0.2) is 9.59 Å². The lowest BCUT2D eigenvalue weighted by atomic mass is 9.87. The average molecular weight is 229 g/mol. The van der Waals surface area contributed by atoms with E-state index in [-0.39, 0.29) is 11.5 Å². The maximum atomic E-state index is 11.0. The van der Waals surface area contributed by atoms with Crippen LogP contribution in [0.4, 0.5) is 4.79 Å². The van der Waals surface area contributed by atoms with Crippen molar-refractivity contribution in [1.29, 1.82) is 0 Å². The maximum absolute atomic E-state index is 11.0. The van der Waals surface area contributed by atoms with Crippen LogP contribution in [0.25, 0.3) is 0 Å². The number of amides is 1. The van der Waals surface area contributed by atoms with Crippen LogP contribution >= 0.6 is 0 Å². The number of hydrogen-bond acceptors (Lipinski definition) is 3. The maximum Gasteiger partial charge on any atom is 0.405 e. The predicted octanol–water partition coefficient (Wildman–Crippen LogP) is 0.666. The second kappa shape index (κ2) is 3.93. The minimum atomic E-state index is -1.29. The molecule has 1 amide bonds. The molecule has 3 N–H and O–H groups in total. The number of carboxylic acids is 1. The van der Waals surface area contributed by atoms with Gasteiger partial charge in [-0.3, -0.25) is 0 Å². The molecule has 2 atom stereocenters. The Balaban J connectivity index is 2.01. The fraction of sp³-hybridized carbons (Fsp3) is 0.800. The Labute approximate surface area is 92.6 Å². The van der Waals surface area contributed by atoms with Crippen molar-refractivity contribution in [2.75, 3.05) is 6.61 Å². The molecule has 16 heavy (non-hydrogen) atoms. The number of carboxylic acid groups (broad SMARTS) is 2. The summed E-state index contributed by atoms with van der Waals surface area (Å²) in [5, 5.41) is 19.7. The van der Waals surface area contributed by atoms with E-state index >= 15 is 0 Å². The van der Waals surface area contributed by atoms with Gasteiger partial charge in [0, 0.05) is 6.61 Å². The fourth-order valence-corrected chi connectivity index (χ4v) is 2.35. The van der Waals surface area contributed by atoms with Gasteiger partial charge in [0.2, 0.25) is 0 Å². The van der Waals surface area contributed by atoms with Crippen molar-refractivity contribution in [1.82, 2.24) is 5.32 Å². The van der Waals surface area contributed by atoms with Gasteiger partial charge >= 0.3 is 12.1 Å². The standard InChI is InChI=1S/C10H15NO5/c12-8(13)7(11-9(14)15)6-1-4-16-10(5-6)2-3-10/h6-7,11H,1-5H2,(H,12,13)(H,14,15). The highest BCUT2D eigenvalue weighted by atomic mass is 16.5. The molecular weight excluding hydrogens is 214 g/mol. The molecule has 2 unspecified atom stereocenters. The van der Waals surface area contributed by atoms with Crippen LogP contribution in [-0.4, -0.2) is 40.5 Å². The largest absolute Gasteiger partial charge is 0.480 e. The van der Waals surface area contributed by atoms with Gasteiger partial charge in [0.25, 0.3) is 0 Å². The Kier molecular flexibility index (Phi) is 2.75. The first-order valence-electron chi connectivity index (χ1n) is 5.39. The summed E-state index contributed by atoms with van der Waals surface area (Å²) in [6.07, 6.45) is 1.87. The average Bonchev–Trinajstić information content (AvgIpc) is 2.93. The molecule has 2 rings (SSSR count). The van der Waals surface area contributed by atoms with Crippen LogP contribution in [0.2, 0.25) is 0 Å². The molecule has 1 saturated carbocycles. The third-order valence-corrected chi connectivity index (χ3v) is 3.36.